The summed E-state index contributed by atoms with van der Waals surface area (Å²) in [5.41, 5.74) is 12.4. The molecule has 6 rings (SSSR count). The molecule has 0 unspecified atom stereocenters. The smallest absolute Gasteiger partial charge is 0.255 e. The van der Waals surface area contributed by atoms with Crippen molar-refractivity contribution in [2.24, 2.45) is 5.10 Å². The molecule has 9 nitrogen and oxygen atoms in total. The van der Waals surface area contributed by atoms with E-state index in [2.05, 4.69) is 32.2 Å². The van der Waals surface area contributed by atoms with Gasteiger partial charge in [-0.25, -0.2) is 9.93 Å². The maximum atomic E-state index is 13.5. The van der Waals surface area contributed by atoms with Gasteiger partial charge in [-0.3, -0.25) is 15.0 Å². The molecule has 0 saturated heterocycles. The van der Waals surface area contributed by atoms with E-state index in [1.54, 1.807) is 31.3 Å². The minimum absolute atomic E-state index is 0.200. The van der Waals surface area contributed by atoms with Crippen LogP contribution in [0.2, 0.25) is 0 Å². The number of aryl methyl sites for hydroxylation is 1. The van der Waals surface area contributed by atoms with E-state index < -0.39 is 5.54 Å². The van der Waals surface area contributed by atoms with E-state index in [0.717, 1.165) is 29.5 Å². The van der Waals surface area contributed by atoms with Gasteiger partial charge in [0, 0.05) is 23.6 Å². The molecule has 2 heterocycles. The molecule has 38 heavy (non-hydrogen) atoms. The standard InChI is InChI=1S/C28H25FN6O3/c1-15-3-4-18(25(36)31-28(11-12-28)27-32-34-35-33-27)14-20(15)17-7-10-22-21(13-17)23(26(37)30-2)24(38-22)16-5-8-19(29)9-6-16/h3-10,13-14,34-35H,11-12H2,1-2H3,(H,30,37)(H,31,36)(H,32,33). The highest BCUT2D eigenvalue weighted by atomic mass is 19.1. The molecule has 2 amide bonds. The summed E-state index contributed by atoms with van der Waals surface area (Å²) in [7, 11) is 1.55. The number of nitrogens with one attached hydrogen (secondary N) is 5. The highest BCUT2D eigenvalue weighted by molar-refractivity contribution is 6.12. The Morgan fingerprint density at radius 1 is 1.00 bits per heavy atom. The molecule has 2 aliphatic rings. The summed E-state index contributed by atoms with van der Waals surface area (Å²) in [6.45, 7) is 1.97. The van der Waals surface area contributed by atoms with Gasteiger partial charge in [-0.2, -0.15) is 0 Å². The minimum Gasteiger partial charge on any atom is -0.455 e. The molecule has 10 heteroatoms. The van der Waals surface area contributed by atoms with Gasteiger partial charge in [-0.15, -0.1) is 10.6 Å². The number of amides is 2. The lowest BCUT2D eigenvalue weighted by molar-refractivity contribution is 0.0940. The molecule has 1 saturated carbocycles. The Labute approximate surface area is 217 Å². The normalized spacial score (nSPS) is 15.4. The van der Waals surface area contributed by atoms with Crippen LogP contribution in [0, 0.1) is 12.7 Å². The number of carbonyl (C=O) groups is 2. The summed E-state index contributed by atoms with van der Waals surface area (Å²) in [5, 5.41) is 10.6. The van der Waals surface area contributed by atoms with Crippen LogP contribution in [0.3, 0.4) is 0 Å². The van der Waals surface area contributed by atoms with Gasteiger partial charge in [-0.05, 0) is 85.0 Å². The Morgan fingerprint density at radius 3 is 2.45 bits per heavy atom. The average molecular weight is 513 g/mol. The highest BCUT2D eigenvalue weighted by Gasteiger charge is 2.50. The number of amidine groups is 1. The van der Waals surface area contributed by atoms with Crippen molar-refractivity contribution in [3.63, 3.8) is 0 Å². The summed E-state index contributed by atoms with van der Waals surface area (Å²) in [5.74, 6) is 0.133. The Morgan fingerprint density at radius 2 is 1.76 bits per heavy atom. The molecule has 3 aromatic carbocycles. The number of furan rings is 1. The number of benzene rings is 3. The zero-order chi connectivity index (χ0) is 26.4. The van der Waals surface area contributed by atoms with E-state index in [9.17, 15) is 14.0 Å². The summed E-state index contributed by atoms with van der Waals surface area (Å²) < 4.78 is 19.6. The van der Waals surface area contributed by atoms with Crippen LogP contribution in [-0.4, -0.2) is 30.2 Å². The monoisotopic (exact) mass is 512 g/mol. The van der Waals surface area contributed by atoms with Gasteiger partial charge in [0.15, 0.2) is 5.84 Å². The number of nitrogens with zero attached hydrogens (tertiary/aromatic N) is 1. The first-order valence-electron chi connectivity index (χ1n) is 12.2. The van der Waals surface area contributed by atoms with Crippen LogP contribution in [0.5, 0.6) is 0 Å². The maximum absolute atomic E-state index is 13.5. The highest BCUT2D eigenvalue weighted by Crippen LogP contribution is 2.38. The Kier molecular flexibility index (Phi) is 5.61. The molecule has 0 radical (unpaired) electrons. The predicted octanol–water partition coefficient (Wildman–Crippen LogP) is 3.76. The Balaban J connectivity index is 1.39. The van der Waals surface area contributed by atoms with Crippen molar-refractivity contribution in [2.75, 3.05) is 7.05 Å². The van der Waals surface area contributed by atoms with Gasteiger partial charge in [0.05, 0.1) is 5.56 Å². The fourth-order valence-electron chi connectivity index (χ4n) is 4.76. The molecule has 5 N–H and O–H groups in total. The van der Waals surface area contributed by atoms with Gasteiger partial charge < -0.3 is 15.1 Å². The zero-order valence-corrected chi connectivity index (χ0v) is 20.7. The van der Waals surface area contributed by atoms with Crippen LogP contribution in [0.25, 0.3) is 33.4 Å². The van der Waals surface area contributed by atoms with Crippen LogP contribution in [0.1, 0.15) is 39.1 Å². The van der Waals surface area contributed by atoms with Crippen LogP contribution < -0.4 is 27.1 Å². The third kappa shape index (κ3) is 4.04. The molecule has 1 aliphatic carbocycles. The summed E-state index contributed by atoms with van der Waals surface area (Å²) >= 11 is 0. The SMILES string of the molecule is CNC(=O)c1c(-c2ccc(F)cc2)oc2ccc(-c3cc(C(=O)NC4(C5=NNNN5)CC4)ccc3C)cc12. The fourth-order valence-corrected chi connectivity index (χ4v) is 4.76. The quantitative estimate of drug-likeness (QED) is 0.268. The zero-order valence-electron chi connectivity index (χ0n) is 20.7. The number of halogens is 1. The van der Waals surface area contributed by atoms with Crippen LogP contribution in [0.4, 0.5) is 4.39 Å². The molecular weight excluding hydrogens is 487 g/mol. The molecule has 0 spiro atoms. The van der Waals surface area contributed by atoms with Gasteiger partial charge in [0.1, 0.15) is 22.7 Å². The second-order valence-electron chi connectivity index (χ2n) is 9.49. The minimum atomic E-state index is -0.506. The number of hydrogen-bond acceptors (Lipinski definition) is 7. The van der Waals surface area contributed by atoms with Crippen LogP contribution >= 0.6 is 0 Å². The van der Waals surface area contributed by atoms with E-state index in [-0.39, 0.29) is 17.6 Å². The molecule has 4 aromatic rings. The average Bonchev–Trinajstić information content (AvgIpc) is 3.33. The van der Waals surface area contributed by atoms with Crippen molar-refractivity contribution in [3.8, 4) is 22.5 Å². The van der Waals surface area contributed by atoms with Crippen molar-refractivity contribution in [2.45, 2.75) is 25.3 Å². The number of fused-ring (bicyclic) bond motifs is 1. The van der Waals surface area contributed by atoms with E-state index >= 15 is 0 Å². The summed E-state index contributed by atoms with van der Waals surface area (Å²) in [6, 6.07) is 17.0. The number of rotatable bonds is 6. The van der Waals surface area contributed by atoms with Gasteiger partial charge in [0.25, 0.3) is 11.8 Å². The lowest BCUT2D eigenvalue weighted by Crippen LogP contribution is -2.50. The largest absolute Gasteiger partial charge is 0.455 e. The van der Waals surface area contributed by atoms with Crippen molar-refractivity contribution >= 4 is 28.6 Å². The van der Waals surface area contributed by atoms with Crippen molar-refractivity contribution in [1.29, 1.82) is 0 Å². The van der Waals surface area contributed by atoms with E-state index in [1.165, 1.54) is 12.1 Å². The number of hydrazine groups is 2. The summed E-state index contributed by atoms with van der Waals surface area (Å²) in [6.07, 6.45) is 1.59. The molecule has 0 bridgehead atoms. The molecule has 192 valence electrons. The Hall–Kier alpha value is -4.70. The van der Waals surface area contributed by atoms with E-state index in [1.807, 2.05) is 31.2 Å². The molecule has 1 aromatic heterocycles. The Bertz CT molecular complexity index is 1620. The number of hydrazone groups is 1. The van der Waals surface area contributed by atoms with Crippen molar-refractivity contribution in [1.82, 2.24) is 27.1 Å². The lowest BCUT2D eigenvalue weighted by Gasteiger charge is -2.17. The third-order valence-corrected chi connectivity index (χ3v) is 7.02. The predicted molar refractivity (Wildman–Crippen MR) is 141 cm³/mol. The first kappa shape index (κ1) is 23.7. The fraction of sp³-hybridized carbons (Fsp3) is 0.179. The molecule has 0 atom stereocenters. The lowest BCUT2D eigenvalue weighted by atomic mass is 9.95. The summed E-state index contributed by atoms with van der Waals surface area (Å²) in [4.78, 5) is 26.1. The first-order chi connectivity index (χ1) is 18.4. The molecule has 1 fully saturated rings. The molecular formula is C28H25FN6O3. The topological polar surface area (TPSA) is 120 Å². The second kappa shape index (κ2) is 9.00. The van der Waals surface area contributed by atoms with Gasteiger partial charge >= 0.3 is 0 Å². The van der Waals surface area contributed by atoms with Gasteiger partial charge in [-0.1, -0.05) is 12.1 Å². The van der Waals surface area contributed by atoms with Crippen LogP contribution in [0.15, 0.2) is 70.2 Å². The number of carbonyl (C=O) groups excluding carboxylic acids is 2. The molecule has 1 aliphatic heterocycles. The maximum Gasteiger partial charge on any atom is 0.255 e. The first-order valence-corrected chi connectivity index (χ1v) is 12.2. The van der Waals surface area contributed by atoms with Crippen molar-refractivity contribution in [3.05, 3.63) is 83.2 Å². The van der Waals surface area contributed by atoms with Crippen LogP contribution in [-0.2, 0) is 0 Å². The number of hydrogen-bond donors (Lipinski definition) is 5. The van der Waals surface area contributed by atoms with E-state index in [4.69, 9.17) is 4.42 Å². The van der Waals surface area contributed by atoms with E-state index in [0.29, 0.717) is 39.3 Å². The second-order valence-corrected chi connectivity index (χ2v) is 9.49. The van der Waals surface area contributed by atoms with Crippen molar-refractivity contribution < 1.29 is 18.4 Å². The van der Waals surface area contributed by atoms with Gasteiger partial charge in [0.2, 0.25) is 0 Å². The third-order valence-electron chi connectivity index (χ3n) is 7.02.